The van der Waals surface area contributed by atoms with E-state index in [1.807, 2.05) is 43.3 Å². The van der Waals surface area contributed by atoms with Crippen LogP contribution in [0.25, 0.3) is 0 Å². The van der Waals surface area contributed by atoms with Gasteiger partial charge in [-0.1, -0.05) is 12.1 Å². The average Bonchev–Trinajstić information content (AvgIpc) is 2.29. The molecular formula is C13H19NO3. The second-order valence-electron chi connectivity index (χ2n) is 4.11. The number of carboxylic acid groups (broad SMARTS) is 1. The molecule has 1 aromatic carbocycles. The lowest BCUT2D eigenvalue weighted by atomic mass is 10.2. The van der Waals surface area contributed by atoms with Gasteiger partial charge in [-0.2, -0.15) is 0 Å². The van der Waals surface area contributed by atoms with E-state index in [2.05, 4.69) is 0 Å². The van der Waals surface area contributed by atoms with Crippen LogP contribution in [-0.4, -0.2) is 31.8 Å². The van der Waals surface area contributed by atoms with Crippen LogP contribution in [0.4, 0.5) is 5.69 Å². The molecule has 0 radical (unpaired) electrons. The summed E-state index contributed by atoms with van der Waals surface area (Å²) < 4.78 is 5.39. The van der Waals surface area contributed by atoms with Crippen molar-refractivity contribution >= 4 is 11.7 Å². The van der Waals surface area contributed by atoms with Gasteiger partial charge < -0.3 is 14.7 Å². The van der Waals surface area contributed by atoms with Crippen LogP contribution in [-0.2, 0) is 16.1 Å². The van der Waals surface area contributed by atoms with Crippen molar-refractivity contribution in [3.8, 4) is 0 Å². The molecular weight excluding hydrogens is 218 g/mol. The van der Waals surface area contributed by atoms with Gasteiger partial charge >= 0.3 is 5.97 Å². The third kappa shape index (κ3) is 5.36. The van der Waals surface area contributed by atoms with Crippen molar-refractivity contribution in [3.05, 3.63) is 29.8 Å². The maximum atomic E-state index is 10.3. The molecule has 0 spiro atoms. The fraction of sp³-hybridized carbons (Fsp3) is 0.462. The summed E-state index contributed by atoms with van der Waals surface area (Å²) in [7, 11) is 3.99. The Kier molecular flexibility index (Phi) is 5.49. The minimum absolute atomic E-state index is 0.166. The van der Waals surface area contributed by atoms with E-state index in [-0.39, 0.29) is 6.42 Å². The summed E-state index contributed by atoms with van der Waals surface area (Å²) in [6.45, 7) is 1.02. The predicted octanol–water partition coefficient (Wildman–Crippen LogP) is 2.13. The molecule has 4 nitrogen and oxygen atoms in total. The maximum absolute atomic E-state index is 10.3. The quantitative estimate of drug-likeness (QED) is 0.738. The first-order chi connectivity index (χ1) is 8.09. The maximum Gasteiger partial charge on any atom is 0.303 e. The van der Waals surface area contributed by atoms with E-state index in [4.69, 9.17) is 9.84 Å². The van der Waals surface area contributed by atoms with Crippen LogP contribution in [0.3, 0.4) is 0 Å². The molecule has 4 heteroatoms. The third-order valence-electron chi connectivity index (χ3n) is 2.40. The highest BCUT2D eigenvalue weighted by atomic mass is 16.5. The molecule has 1 rings (SSSR count). The molecule has 0 heterocycles. The van der Waals surface area contributed by atoms with Crippen molar-refractivity contribution in [2.75, 3.05) is 25.6 Å². The molecule has 17 heavy (non-hydrogen) atoms. The Balaban J connectivity index is 2.25. The predicted molar refractivity (Wildman–Crippen MR) is 67.3 cm³/mol. The van der Waals surface area contributed by atoms with Gasteiger partial charge in [0.1, 0.15) is 0 Å². The summed E-state index contributed by atoms with van der Waals surface area (Å²) in [5.41, 5.74) is 2.26. The number of ether oxygens (including phenoxy) is 1. The smallest absolute Gasteiger partial charge is 0.303 e. The lowest BCUT2D eigenvalue weighted by molar-refractivity contribution is -0.137. The van der Waals surface area contributed by atoms with Gasteiger partial charge in [-0.05, 0) is 24.1 Å². The summed E-state index contributed by atoms with van der Waals surface area (Å²) >= 11 is 0. The summed E-state index contributed by atoms with van der Waals surface area (Å²) in [5.74, 6) is -0.774. The van der Waals surface area contributed by atoms with Crippen LogP contribution in [0.2, 0.25) is 0 Å². The number of hydrogen-bond acceptors (Lipinski definition) is 3. The number of nitrogens with zero attached hydrogens (tertiary/aromatic N) is 1. The highest BCUT2D eigenvalue weighted by Crippen LogP contribution is 2.12. The van der Waals surface area contributed by atoms with Gasteiger partial charge in [-0.25, -0.2) is 0 Å². The topological polar surface area (TPSA) is 49.8 Å². The van der Waals surface area contributed by atoms with Gasteiger partial charge in [0.05, 0.1) is 6.61 Å². The Hall–Kier alpha value is -1.55. The number of carboxylic acids is 1. The van der Waals surface area contributed by atoms with Gasteiger partial charge in [-0.3, -0.25) is 4.79 Å². The van der Waals surface area contributed by atoms with Crippen LogP contribution in [0.1, 0.15) is 18.4 Å². The molecule has 0 amide bonds. The minimum atomic E-state index is -0.774. The monoisotopic (exact) mass is 237 g/mol. The number of carbonyl (C=O) groups is 1. The van der Waals surface area contributed by atoms with Crippen molar-refractivity contribution < 1.29 is 14.6 Å². The van der Waals surface area contributed by atoms with E-state index in [1.165, 1.54) is 0 Å². The van der Waals surface area contributed by atoms with Crippen molar-refractivity contribution in [1.29, 1.82) is 0 Å². The molecule has 0 unspecified atom stereocenters. The summed E-state index contributed by atoms with van der Waals surface area (Å²) in [4.78, 5) is 12.3. The Morgan fingerprint density at radius 1 is 1.29 bits per heavy atom. The van der Waals surface area contributed by atoms with Gasteiger partial charge in [0.15, 0.2) is 0 Å². The number of benzene rings is 1. The molecule has 0 atom stereocenters. The first-order valence-corrected chi connectivity index (χ1v) is 5.65. The largest absolute Gasteiger partial charge is 0.481 e. The highest BCUT2D eigenvalue weighted by molar-refractivity contribution is 5.66. The van der Waals surface area contributed by atoms with E-state index >= 15 is 0 Å². The standard InChI is InChI=1S/C13H19NO3/c1-14(2)12-7-5-11(6-8-12)10-17-9-3-4-13(15)16/h5-8H,3-4,9-10H2,1-2H3,(H,15,16). The fourth-order valence-corrected chi connectivity index (χ4v) is 1.41. The first kappa shape index (κ1) is 13.5. The lowest BCUT2D eigenvalue weighted by Crippen LogP contribution is -2.08. The molecule has 0 fully saturated rings. The van der Waals surface area contributed by atoms with Crippen molar-refractivity contribution in [1.82, 2.24) is 0 Å². The van der Waals surface area contributed by atoms with Crippen molar-refractivity contribution in [2.45, 2.75) is 19.4 Å². The Bertz CT molecular complexity index is 346. The van der Waals surface area contributed by atoms with E-state index < -0.39 is 5.97 Å². The fourth-order valence-electron chi connectivity index (χ4n) is 1.41. The number of anilines is 1. The lowest BCUT2D eigenvalue weighted by Gasteiger charge is -2.12. The van der Waals surface area contributed by atoms with Crippen molar-refractivity contribution in [2.24, 2.45) is 0 Å². The van der Waals surface area contributed by atoms with Crippen LogP contribution in [0.5, 0.6) is 0 Å². The molecule has 1 aromatic rings. The third-order valence-corrected chi connectivity index (χ3v) is 2.40. The van der Waals surface area contributed by atoms with E-state index in [0.717, 1.165) is 11.3 Å². The summed E-state index contributed by atoms with van der Waals surface area (Å²) in [6.07, 6.45) is 0.727. The second kappa shape index (κ2) is 6.91. The first-order valence-electron chi connectivity index (χ1n) is 5.65. The summed E-state index contributed by atoms with van der Waals surface area (Å²) in [5, 5.41) is 8.45. The number of hydrogen-bond donors (Lipinski definition) is 1. The van der Waals surface area contributed by atoms with Crippen LogP contribution in [0, 0.1) is 0 Å². The van der Waals surface area contributed by atoms with Gasteiger partial charge in [0.25, 0.3) is 0 Å². The normalized spacial score (nSPS) is 10.2. The average molecular weight is 237 g/mol. The zero-order chi connectivity index (χ0) is 12.7. The highest BCUT2D eigenvalue weighted by Gasteiger charge is 1.98. The molecule has 0 aromatic heterocycles. The van der Waals surface area contributed by atoms with Gasteiger partial charge in [-0.15, -0.1) is 0 Å². The van der Waals surface area contributed by atoms with Crippen molar-refractivity contribution in [3.63, 3.8) is 0 Å². The molecule has 1 N–H and O–H groups in total. The summed E-state index contributed by atoms with van der Waals surface area (Å²) in [6, 6.07) is 8.12. The Morgan fingerprint density at radius 2 is 1.94 bits per heavy atom. The van der Waals surface area contributed by atoms with Crippen LogP contribution < -0.4 is 4.90 Å². The molecule has 0 aliphatic heterocycles. The number of rotatable bonds is 7. The SMILES string of the molecule is CN(C)c1ccc(COCCCC(=O)O)cc1. The Morgan fingerprint density at radius 3 is 2.47 bits per heavy atom. The molecule has 0 aliphatic carbocycles. The van der Waals surface area contributed by atoms with E-state index in [1.54, 1.807) is 0 Å². The zero-order valence-corrected chi connectivity index (χ0v) is 10.3. The molecule has 0 aliphatic rings. The van der Waals surface area contributed by atoms with Gasteiger partial charge in [0, 0.05) is 32.8 Å². The van der Waals surface area contributed by atoms with E-state index in [9.17, 15) is 4.79 Å². The molecule has 0 bridgehead atoms. The molecule has 0 saturated heterocycles. The minimum Gasteiger partial charge on any atom is -0.481 e. The van der Waals surface area contributed by atoms with Crippen LogP contribution in [0.15, 0.2) is 24.3 Å². The second-order valence-corrected chi connectivity index (χ2v) is 4.11. The number of aliphatic carboxylic acids is 1. The van der Waals surface area contributed by atoms with Gasteiger partial charge in [0.2, 0.25) is 0 Å². The zero-order valence-electron chi connectivity index (χ0n) is 10.3. The molecule has 0 saturated carbocycles. The molecule has 94 valence electrons. The van der Waals surface area contributed by atoms with E-state index in [0.29, 0.717) is 19.6 Å². The Labute approximate surface area is 102 Å². The van der Waals surface area contributed by atoms with Crippen LogP contribution >= 0.6 is 0 Å².